The van der Waals surface area contributed by atoms with E-state index in [1.54, 1.807) is 30.7 Å². The normalized spacial score (nSPS) is 12.0. The Morgan fingerprint density at radius 2 is 1.89 bits per heavy atom. The fourth-order valence-corrected chi connectivity index (χ4v) is 3.73. The first kappa shape index (κ1) is 24.0. The second kappa shape index (κ2) is 10.00. The lowest BCUT2D eigenvalue weighted by Gasteiger charge is -2.15. The van der Waals surface area contributed by atoms with E-state index in [0.717, 1.165) is 5.69 Å². The molecule has 0 amide bonds. The number of aromatic amines is 1. The van der Waals surface area contributed by atoms with E-state index in [9.17, 15) is 18.4 Å². The molecule has 0 aliphatic carbocycles. The number of pyridine rings is 1. The lowest BCUT2D eigenvalue weighted by Crippen LogP contribution is -2.23. The van der Waals surface area contributed by atoms with Crippen molar-refractivity contribution in [2.45, 2.75) is 32.4 Å². The largest absolute Gasteiger partial charge is 0.379 e. The van der Waals surface area contributed by atoms with Gasteiger partial charge in [-0.25, -0.2) is 19.5 Å². The molecule has 0 unspecified atom stereocenters. The second-order valence-electron chi connectivity index (χ2n) is 8.51. The van der Waals surface area contributed by atoms with Crippen LogP contribution in [0.3, 0.4) is 0 Å². The molecule has 0 radical (unpaired) electrons. The molecule has 0 aliphatic rings. The molecule has 3 aromatic heterocycles. The van der Waals surface area contributed by atoms with Gasteiger partial charge in [0.1, 0.15) is 5.82 Å². The average Bonchev–Trinajstić information content (AvgIpc) is 2.83. The van der Waals surface area contributed by atoms with E-state index in [4.69, 9.17) is 0 Å². The molecule has 1 atom stereocenters. The molecule has 0 saturated carbocycles. The van der Waals surface area contributed by atoms with Crippen molar-refractivity contribution < 1.29 is 8.78 Å². The topological polar surface area (TPSA) is 109 Å². The van der Waals surface area contributed by atoms with E-state index in [1.807, 2.05) is 31.0 Å². The van der Waals surface area contributed by atoms with E-state index >= 15 is 0 Å². The average molecular weight is 482 g/mol. The molecule has 4 rings (SSSR count). The summed E-state index contributed by atoms with van der Waals surface area (Å²) in [7, 11) is 3.72. The van der Waals surface area contributed by atoms with Crippen LogP contribution in [0.1, 0.15) is 19.8 Å². The van der Waals surface area contributed by atoms with Gasteiger partial charge in [-0.3, -0.25) is 9.59 Å². The van der Waals surface area contributed by atoms with Crippen LogP contribution < -0.4 is 21.3 Å². The molecule has 4 aromatic rings. The van der Waals surface area contributed by atoms with Crippen molar-refractivity contribution in [3.05, 3.63) is 75.3 Å². The van der Waals surface area contributed by atoms with Crippen molar-refractivity contribution in [3.8, 4) is 11.4 Å². The number of aryl methyl sites for hydroxylation is 1. The molecule has 1 aromatic carbocycles. The van der Waals surface area contributed by atoms with Gasteiger partial charge in [0.2, 0.25) is 5.82 Å². The number of nitrogens with zero attached hydrogens (tertiary/aromatic N) is 5. The van der Waals surface area contributed by atoms with Crippen molar-refractivity contribution in [2.24, 2.45) is 0 Å². The molecule has 0 fully saturated rings. The first-order valence-corrected chi connectivity index (χ1v) is 11.1. The molecule has 182 valence electrons. The van der Waals surface area contributed by atoms with Gasteiger partial charge in [-0.05, 0) is 43.4 Å². The van der Waals surface area contributed by atoms with E-state index < -0.39 is 17.2 Å². The fraction of sp³-hybridized carbons (Fsp3) is 0.292. The lowest BCUT2D eigenvalue weighted by atomic mass is 10.1. The highest BCUT2D eigenvalue weighted by Gasteiger charge is 2.14. The third-order valence-corrected chi connectivity index (χ3v) is 5.69. The standard InChI is InChI=1S/C24H25F2N7O2/c1-14(30-20-13-29-31-23(34)21(20)26)5-4-7-33-8-6-15-9-18(19(25)10-17(15)24(33)35)22-27-11-16(12-28-22)32(2)3/h6,8-14H,4-5,7H2,1-3H3,(H2,30,31,34)/t14-/m0/s1. The lowest BCUT2D eigenvalue weighted by molar-refractivity contribution is 0.558. The van der Waals surface area contributed by atoms with Crippen molar-refractivity contribution in [1.82, 2.24) is 24.7 Å². The summed E-state index contributed by atoms with van der Waals surface area (Å²) in [6, 6.07) is 4.40. The minimum atomic E-state index is -0.918. The van der Waals surface area contributed by atoms with Gasteiger partial charge in [-0.15, -0.1) is 0 Å². The van der Waals surface area contributed by atoms with Crippen LogP contribution in [0.15, 0.2) is 52.6 Å². The molecule has 0 bridgehead atoms. The van der Waals surface area contributed by atoms with E-state index in [1.165, 1.54) is 16.8 Å². The van der Waals surface area contributed by atoms with Gasteiger partial charge in [0.15, 0.2) is 5.82 Å². The summed E-state index contributed by atoms with van der Waals surface area (Å²) >= 11 is 0. The first-order valence-electron chi connectivity index (χ1n) is 11.1. The number of fused-ring (bicyclic) bond motifs is 1. The molecule has 11 heteroatoms. The minimum Gasteiger partial charge on any atom is -0.379 e. The summed E-state index contributed by atoms with van der Waals surface area (Å²) in [5, 5.41) is 9.38. The zero-order valence-corrected chi connectivity index (χ0v) is 19.5. The Hall–Kier alpha value is -4.15. The monoisotopic (exact) mass is 481 g/mol. The van der Waals surface area contributed by atoms with E-state index in [2.05, 4.69) is 20.4 Å². The number of H-pyrrole nitrogens is 1. The molecule has 0 aliphatic heterocycles. The van der Waals surface area contributed by atoms with Gasteiger partial charge in [0.05, 0.1) is 40.9 Å². The van der Waals surface area contributed by atoms with E-state index in [-0.39, 0.29) is 34.1 Å². The number of anilines is 2. The number of rotatable bonds is 8. The van der Waals surface area contributed by atoms with Crippen molar-refractivity contribution in [2.75, 3.05) is 24.3 Å². The third kappa shape index (κ3) is 5.18. The number of hydrogen-bond donors (Lipinski definition) is 2. The summed E-state index contributed by atoms with van der Waals surface area (Å²) in [6.45, 7) is 2.24. The Bertz CT molecular complexity index is 1470. The Labute approximate surface area is 199 Å². The Morgan fingerprint density at radius 1 is 1.14 bits per heavy atom. The molecule has 0 spiro atoms. The third-order valence-electron chi connectivity index (χ3n) is 5.69. The van der Waals surface area contributed by atoms with Gasteiger partial charge < -0.3 is 14.8 Å². The summed E-state index contributed by atoms with van der Waals surface area (Å²) in [5.74, 6) is -1.25. The highest BCUT2D eigenvalue weighted by Crippen LogP contribution is 2.25. The maximum absolute atomic E-state index is 14.9. The summed E-state index contributed by atoms with van der Waals surface area (Å²) in [5.41, 5.74) is -0.154. The summed E-state index contributed by atoms with van der Waals surface area (Å²) in [6.07, 6.45) is 7.31. The molecule has 9 nitrogen and oxygen atoms in total. The highest BCUT2D eigenvalue weighted by molar-refractivity contribution is 5.86. The van der Waals surface area contributed by atoms with Crippen LogP contribution in [0, 0.1) is 11.6 Å². The van der Waals surface area contributed by atoms with Crippen molar-refractivity contribution in [3.63, 3.8) is 0 Å². The van der Waals surface area contributed by atoms with Crippen LogP contribution in [0.25, 0.3) is 22.2 Å². The minimum absolute atomic E-state index is 0.0238. The van der Waals surface area contributed by atoms with Gasteiger partial charge in [0, 0.05) is 32.9 Å². The first-order chi connectivity index (χ1) is 16.7. The Balaban J connectivity index is 1.47. The number of hydrogen-bond acceptors (Lipinski definition) is 7. The van der Waals surface area contributed by atoms with Crippen LogP contribution in [0.4, 0.5) is 20.2 Å². The summed E-state index contributed by atoms with van der Waals surface area (Å²) in [4.78, 5) is 34.6. The smallest absolute Gasteiger partial charge is 0.302 e. The Morgan fingerprint density at radius 3 is 2.60 bits per heavy atom. The number of aromatic nitrogens is 5. The fourth-order valence-electron chi connectivity index (χ4n) is 3.73. The number of halogens is 2. The Kier molecular flexibility index (Phi) is 6.85. The predicted molar refractivity (Wildman–Crippen MR) is 131 cm³/mol. The molecule has 2 N–H and O–H groups in total. The molecule has 35 heavy (non-hydrogen) atoms. The van der Waals surface area contributed by atoms with Crippen LogP contribution in [0.5, 0.6) is 0 Å². The quantitative estimate of drug-likeness (QED) is 0.398. The predicted octanol–water partition coefficient (Wildman–Crippen LogP) is 3.17. The molecular weight excluding hydrogens is 456 g/mol. The zero-order chi connectivity index (χ0) is 25.1. The van der Waals surface area contributed by atoms with Crippen LogP contribution in [-0.4, -0.2) is 44.9 Å². The van der Waals surface area contributed by atoms with E-state index in [0.29, 0.717) is 24.8 Å². The van der Waals surface area contributed by atoms with Crippen molar-refractivity contribution in [1.29, 1.82) is 0 Å². The van der Waals surface area contributed by atoms with Gasteiger partial charge >= 0.3 is 5.56 Å². The van der Waals surface area contributed by atoms with Crippen LogP contribution in [0.2, 0.25) is 0 Å². The zero-order valence-electron chi connectivity index (χ0n) is 19.5. The van der Waals surface area contributed by atoms with Gasteiger partial charge in [-0.1, -0.05) is 0 Å². The maximum Gasteiger partial charge on any atom is 0.302 e. The highest BCUT2D eigenvalue weighted by atomic mass is 19.1. The number of benzene rings is 1. The van der Waals surface area contributed by atoms with Gasteiger partial charge in [-0.2, -0.15) is 9.49 Å². The summed E-state index contributed by atoms with van der Waals surface area (Å²) < 4.78 is 30.3. The SMILES string of the molecule is C[C@@H](CCCn1ccc2cc(-c3ncc(N(C)C)cn3)c(F)cc2c1=O)Nc1cn[nH]c(=O)c1F. The second-order valence-corrected chi connectivity index (χ2v) is 8.51. The van der Waals surface area contributed by atoms with Crippen molar-refractivity contribution >= 4 is 22.1 Å². The maximum atomic E-state index is 14.9. The molecular formula is C24H25F2N7O2. The molecule has 0 saturated heterocycles. The van der Waals surface area contributed by atoms with Crippen LogP contribution in [-0.2, 0) is 6.54 Å². The van der Waals surface area contributed by atoms with Gasteiger partial charge in [0.25, 0.3) is 5.56 Å². The van der Waals surface area contributed by atoms with Crippen LogP contribution >= 0.6 is 0 Å². The number of nitrogens with one attached hydrogen (secondary N) is 2. The molecule has 3 heterocycles.